The summed E-state index contributed by atoms with van der Waals surface area (Å²) in [4.78, 5) is 12.5. The van der Waals surface area contributed by atoms with Crippen LogP contribution >= 0.6 is 11.6 Å². The number of hydrogen-bond acceptors (Lipinski definition) is 2. The van der Waals surface area contributed by atoms with Gasteiger partial charge in [0, 0.05) is 10.7 Å². The zero-order chi connectivity index (χ0) is 15.5. The van der Waals surface area contributed by atoms with Gasteiger partial charge in [-0.1, -0.05) is 29.8 Å². The van der Waals surface area contributed by atoms with E-state index in [0.29, 0.717) is 10.7 Å². The van der Waals surface area contributed by atoms with Crippen LogP contribution in [0.4, 0.5) is 5.69 Å². The summed E-state index contributed by atoms with van der Waals surface area (Å²) >= 11 is 5.93. The minimum Gasteiger partial charge on any atom is -0.497 e. The Kier molecular flexibility index (Phi) is 4.53. The van der Waals surface area contributed by atoms with Gasteiger partial charge in [-0.3, -0.25) is 4.79 Å². The van der Waals surface area contributed by atoms with E-state index in [0.717, 1.165) is 11.3 Å². The molecule has 1 N–H and O–H groups in total. The van der Waals surface area contributed by atoms with E-state index in [1.165, 1.54) is 0 Å². The Morgan fingerprint density at radius 1 is 1.14 bits per heavy atom. The van der Waals surface area contributed by atoms with Gasteiger partial charge in [0.05, 0.1) is 12.5 Å². The zero-order valence-corrected chi connectivity index (χ0v) is 13.1. The molecule has 2 rings (SSSR count). The lowest BCUT2D eigenvalue weighted by atomic mass is 9.83. The number of ether oxygens (including phenoxy) is 1. The van der Waals surface area contributed by atoms with E-state index < -0.39 is 5.41 Å². The predicted octanol–water partition coefficient (Wildman–Crippen LogP) is 4.26. The molecule has 1 amide bonds. The molecule has 110 valence electrons. The number of carbonyl (C=O) groups excluding carboxylic acids is 1. The van der Waals surface area contributed by atoms with Gasteiger partial charge in [-0.25, -0.2) is 0 Å². The maximum Gasteiger partial charge on any atom is 0.234 e. The lowest BCUT2D eigenvalue weighted by Crippen LogP contribution is -2.34. The number of halogens is 1. The lowest BCUT2D eigenvalue weighted by molar-refractivity contribution is -0.120. The monoisotopic (exact) mass is 303 g/mol. The summed E-state index contributed by atoms with van der Waals surface area (Å²) in [6.07, 6.45) is 0. The highest BCUT2D eigenvalue weighted by atomic mass is 35.5. The number of carbonyl (C=O) groups is 1. The normalized spacial score (nSPS) is 11.0. The Morgan fingerprint density at radius 3 is 2.38 bits per heavy atom. The Bertz CT molecular complexity index is 635. The predicted molar refractivity (Wildman–Crippen MR) is 86.1 cm³/mol. The summed E-state index contributed by atoms with van der Waals surface area (Å²) in [5, 5.41) is 3.49. The molecule has 0 unspecified atom stereocenters. The van der Waals surface area contributed by atoms with Crippen LogP contribution < -0.4 is 10.1 Å². The second-order valence-corrected chi connectivity index (χ2v) is 5.75. The average molecular weight is 304 g/mol. The number of amides is 1. The third-order valence-corrected chi connectivity index (χ3v) is 3.70. The largest absolute Gasteiger partial charge is 0.497 e. The summed E-state index contributed by atoms with van der Waals surface area (Å²) < 4.78 is 5.14. The van der Waals surface area contributed by atoms with Crippen molar-refractivity contribution in [3.63, 3.8) is 0 Å². The molecule has 2 aromatic rings. The summed E-state index contributed by atoms with van der Waals surface area (Å²) in [6, 6.07) is 14.6. The molecular weight excluding hydrogens is 286 g/mol. The average Bonchev–Trinajstić information content (AvgIpc) is 2.47. The van der Waals surface area contributed by atoms with Gasteiger partial charge in [0.25, 0.3) is 0 Å². The quantitative estimate of drug-likeness (QED) is 0.916. The van der Waals surface area contributed by atoms with E-state index in [9.17, 15) is 4.79 Å². The van der Waals surface area contributed by atoms with E-state index in [1.807, 2.05) is 44.2 Å². The third kappa shape index (κ3) is 3.56. The van der Waals surface area contributed by atoms with Crippen molar-refractivity contribution in [2.24, 2.45) is 0 Å². The Labute approximate surface area is 129 Å². The van der Waals surface area contributed by atoms with Crippen molar-refractivity contribution in [3.05, 3.63) is 59.1 Å². The molecule has 0 saturated heterocycles. The second-order valence-electron chi connectivity index (χ2n) is 5.32. The van der Waals surface area contributed by atoms with Crippen molar-refractivity contribution >= 4 is 23.2 Å². The molecular formula is C17H18ClNO2. The van der Waals surface area contributed by atoms with E-state index in [4.69, 9.17) is 16.3 Å². The van der Waals surface area contributed by atoms with Gasteiger partial charge in [-0.2, -0.15) is 0 Å². The van der Waals surface area contributed by atoms with Crippen LogP contribution in [0.15, 0.2) is 48.5 Å². The van der Waals surface area contributed by atoms with E-state index in [-0.39, 0.29) is 5.91 Å². The molecule has 0 bridgehead atoms. The van der Waals surface area contributed by atoms with Gasteiger partial charge in [0.2, 0.25) is 5.91 Å². The number of nitrogens with one attached hydrogen (secondary N) is 1. The van der Waals surface area contributed by atoms with Crippen molar-refractivity contribution in [1.29, 1.82) is 0 Å². The maximum absolute atomic E-state index is 12.5. The lowest BCUT2D eigenvalue weighted by Gasteiger charge is -2.24. The molecule has 0 aliphatic rings. The first kappa shape index (κ1) is 15.4. The van der Waals surface area contributed by atoms with Gasteiger partial charge < -0.3 is 10.1 Å². The first-order valence-corrected chi connectivity index (χ1v) is 7.03. The highest BCUT2D eigenvalue weighted by molar-refractivity contribution is 6.30. The van der Waals surface area contributed by atoms with E-state index in [2.05, 4.69) is 5.32 Å². The number of anilines is 1. The molecule has 21 heavy (non-hydrogen) atoms. The van der Waals surface area contributed by atoms with E-state index in [1.54, 1.807) is 25.3 Å². The second kappa shape index (κ2) is 6.19. The molecule has 2 aromatic carbocycles. The smallest absolute Gasteiger partial charge is 0.234 e. The van der Waals surface area contributed by atoms with Crippen LogP contribution in [0.1, 0.15) is 19.4 Å². The van der Waals surface area contributed by atoms with E-state index >= 15 is 0 Å². The SMILES string of the molecule is COc1ccc(C(C)(C)C(=O)Nc2cccc(Cl)c2)cc1. The molecule has 0 aliphatic carbocycles. The van der Waals surface area contributed by atoms with Crippen molar-refractivity contribution in [2.45, 2.75) is 19.3 Å². The standard InChI is InChI=1S/C17H18ClNO2/c1-17(2,12-7-9-15(21-3)10-8-12)16(20)19-14-6-4-5-13(18)11-14/h4-11H,1-3H3,(H,19,20). The molecule has 0 heterocycles. The Hall–Kier alpha value is -2.00. The highest BCUT2D eigenvalue weighted by Crippen LogP contribution is 2.27. The van der Waals surface area contributed by atoms with Crippen molar-refractivity contribution < 1.29 is 9.53 Å². The fraction of sp³-hybridized carbons (Fsp3) is 0.235. The van der Waals surface area contributed by atoms with Crippen molar-refractivity contribution in [1.82, 2.24) is 0 Å². The number of benzene rings is 2. The Morgan fingerprint density at radius 2 is 1.81 bits per heavy atom. The first-order valence-electron chi connectivity index (χ1n) is 6.65. The van der Waals surface area contributed by atoms with Gasteiger partial charge in [-0.05, 0) is 49.7 Å². The molecule has 4 heteroatoms. The van der Waals surface area contributed by atoms with Crippen LogP contribution in [0.2, 0.25) is 5.02 Å². The van der Waals surface area contributed by atoms with Gasteiger partial charge in [-0.15, -0.1) is 0 Å². The van der Waals surface area contributed by atoms with Gasteiger partial charge in [0.15, 0.2) is 0 Å². The highest BCUT2D eigenvalue weighted by Gasteiger charge is 2.29. The maximum atomic E-state index is 12.5. The molecule has 0 saturated carbocycles. The Balaban J connectivity index is 2.19. The zero-order valence-electron chi connectivity index (χ0n) is 12.3. The topological polar surface area (TPSA) is 38.3 Å². The van der Waals surface area contributed by atoms with Crippen LogP contribution in [-0.4, -0.2) is 13.0 Å². The summed E-state index contributed by atoms with van der Waals surface area (Å²) in [5.41, 5.74) is 0.950. The van der Waals surface area contributed by atoms with Crippen molar-refractivity contribution in [2.75, 3.05) is 12.4 Å². The number of rotatable bonds is 4. The molecule has 0 radical (unpaired) electrons. The molecule has 0 fully saturated rings. The fourth-order valence-electron chi connectivity index (χ4n) is 1.99. The minimum absolute atomic E-state index is 0.0880. The summed E-state index contributed by atoms with van der Waals surface area (Å²) in [6.45, 7) is 3.77. The van der Waals surface area contributed by atoms with Crippen LogP contribution in [0.25, 0.3) is 0 Å². The van der Waals surface area contributed by atoms with Crippen LogP contribution in [-0.2, 0) is 10.2 Å². The molecule has 3 nitrogen and oxygen atoms in total. The molecule has 0 aliphatic heterocycles. The van der Waals surface area contributed by atoms with Crippen LogP contribution in [0.3, 0.4) is 0 Å². The number of hydrogen-bond donors (Lipinski definition) is 1. The molecule has 0 spiro atoms. The van der Waals surface area contributed by atoms with Crippen molar-refractivity contribution in [3.8, 4) is 5.75 Å². The number of methoxy groups -OCH3 is 1. The van der Waals surface area contributed by atoms with Gasteiger partial charge >= 0.3 is 0 Å². The molecule has 0 aromatic heterocycles. The first-order chi connectivity index (χ1) is 9.93. The minimum atomic E-state index is -0.658. The van der Waals surface area contributed by atoms with Crippen LogP contribution in [0, 0.1) is 0 Å². The third-order valence-electron chi connectivity index (χ3n) is 3.46. The summed E-state index contributed by atoms with van der Waals surface area (Å²) in [7, 11) is 1.62. The molecule has 0 atom stereocenters. The summed E-state index contributed by atoms with van der Waals surface area (Å²) in [5.74, 6) is 0.680. The van der Waals surface area contributed by atoms with Crippen LogP contribution in [0.5, 0.6) is 5.75 Å². The fourth-order valence-corrected chi connectivity index (χ4v) is 2.18. The van der Waals surface area contributed by atoms with Gasteiger partial charge in [0.1, 0.15) is 5.75 Å².